The Hall–Kier alpha value is -2.66. The molecule has 0 saturated carbocycles. The molecule has 0 aliphatic rings. The number of amides is 1. The van der Waals surface area contributed by atoms with Crippen molar-refractivity contribution >= 4 is 21.6 Å². The number of nitrogens with one attached hydrogen (secondary N) is 1. The van der Waals surface area contributed by atoms with Crippen LogP contribution in [-0.2, 0) is 16.9 Å². The van der Waals surface area contributed by atoms with Crippen LogP contribution in [-0.4, -0.2) is 30.4 Å². The van der Waals surface area contributed by atoms with Crippen LogP contribution in [0.4, 0.5) is 5.82 Å². The Morgan fingerprint density at radius 3 is 2.76 bits per heavy atom. The molecule has 0 radical (unpaired) electrons. The van der Waals surface area contributed by atoms with Crippen LogP contribution in [0.15, 0.2) is 35.4 Å². The van der Waals surface area contributed by atoms with Crippen LogP contribution in [0, 0.1) is 11.3 Å². The van der Waals surface area contributed by atoms with E-state index in [2.05, 4.69) is 10.4 Å². The van der Waals surface area contributed by atoms with Gasteiger partial charge >= 0.3 is 0 Å². The predicted molar refractivity (Wildman–Crippen MR) is 75.4 cm³/mol. The minimum absolute atomic E-state index is 0.0525. The van der Waals surface area contributed by atoms with E-state index in [1.807, 2.05) is 6.07 Å². The predicted octanol–water partition coefficient (Wildman–Crippen LogP) is 0.948. The third-order valence-electron chi connectivity index (χ3n) is 2.71. The maximum Gasteiger partial charge on any atom is 0.256 e. The van der Waals surface area contributed by atoms with Gasteiger partial charge in [0.1, 0.15) is 11.6 Å². The van der Waals surface area contributed by atoms with Crippen molar-refractivity contribution in [3.05, 3.63) is 41.6 Å². The van der Waals surface area contributed by atoms with Gasteiger partial charge < -0.3 is 5.32 Å². The molecule has 21 heavy (non-hydrogen) atoms. The van der Waals surface area contributed by atoms with Crippen LogP contribution >= 0.6 is 0 Å². The van der Waals surface area contributed by atoms with Crippen molar-refractivity contribution in [2.75, 3.05) is 11.6 Å². The topological polar surface area (TPSA) is 105 Å². The molecular formula is C13H12N4O3S. The monoisotopic (exact) mass is 304 g/mol. The van der Waals surface area contributed by atoms with E-state index in [0.717, 1.165) is 6.26 Å². The number of nitriles is 1. The molecule has 1 aromatic heterocycles. The normalized spacial score (nSPS) is 10.9. The average Bonchev–Trinajstić information content (AvgIpc) is 2.78. The number of aryl methyl sites for hydroxylation is 1. The lowest BCUT2D eigenvalue weighted by Crippen LogP contribution is -2.14. The van der Waals surface area contributed by atoms with E-state index in [-0.39, 0.29) is 21.8 Å². The molecule has 108 valence electrons. The lowest BCUT2D eigenvalue weighted by Gasteiger charge is -2.04. The number of anilines is 1. The van der Waals surface area contributed by atoms with Gasteiger partial charge in [-0.2, -0.15) is 10.4 Å². The molecule has 1 amide bonds. The molecule has 0 bridgehead atoms. The van der Waals surface area contributed by atoms with Gasteiger partial charge in [0.2, 0.25) is 0 Å². The van der Waals surface area contributed by atoms with Gasteiger partial charge in [0.15, 0.2) is 15.7 Å². The molecule has 8 heteroatoms. The molecular weight excluding hydrogens is 292 g/mol. The first-order chi connectivity index (χ1) is 9.81. The Kier molecular flexibility index (Phi) is 3.78. The summed E-state index contributed by atoms with van der Waals surface area (Å²) in [7, 11) is -1.77. The SMILES string of the molecule is Cn1cc(C#N)c(NC(=O)c2cccc(S(C)(=O)=O)c2)n1. The Bertz CT molecular complexity index is 847. The number of sulfone groups is 1. The average molecular weight is 304 g/mol. The number of carbonyl (C=O) groups excluding carboxylic acids is 1. The Balaban J connectivity index is 2.31. The molecule has 1 N–H and O–H groups in total. The van der Waals surface area contributed by atoms with E-state index in [4.69, 9.17) is 5.26 Å². The highest BCUT2D eigenvalue weighted by atomic mass is 32.2. The number of benzene rings is 1. The second-order valence-electron chi connectivity index (χ2n) is 4.43. The minimum atomic E-state index is -3.39. The van der Waals surface area contributed by atoms with E-state index >= 15 is 0 Å². The van der Waals surface area contributed by atoms with E-state index < -0.39 is 15.7 Å². The van der Waals surface area contributed by atoms with Crippen molar-refractivity contribution in [2.24, 2.45) is 7.05 Å². The maximum atomic E-state index is 12.1. The van der Waals surface area contributed by atoms with Crippen LogP contribution in [0.5, 0.6) is 0 Å². The van der Waals surface area contributed by atoms with Crippen LogP contribution in [0.2, 0.25) is 0 Å². The Morgan fingerprint density at radius 2 is 2.14 bits per heavy atom. The van der Waals surface area contributed by atoms with Crippen LogP contribution < -0.4 is 5.32 Å². The second-order valence-corrected chi connectivity index (χ2v) is 6.45. The van der Waals surface area contributed by atoms with E-state index in [9.17, 15) is 13.2 Å². The zero-order chi connectivity index (χ0) is 15.6. The summed E-state index contributed by atoms with van der Waals surface area (Å²) in [5.74, 6) is -0.398. The fraction of sp³-hybridized carbons (Fsp3) is 0.154. The van der Waals surface area contributed by atoms with Crippen LogP contribution in [0.25, 0.3) is 0 Å². The van der Waals surface area contributed by atoms with Crippen LogP contribution in [0.1, 0.15) is 15.9 Å². The first-order valence-corrected chi connectivity index (χ1v) is 7.75. The highest BCUT2D eigenvalue weighted by Crippen LogP contribution is 2.15. The van der Waals surface area contributed by atoms with Crippen LogP contribution in [0.3, 0.4) is 0 Å². The molecule has 7 nitrogen and oxygen atoms in total. The van der Waals surface area contributed by atoms with Gasteiger partial charge in [0, 0.05) is 25.1 Å². The fourth-order valence-corrected chi connectivity index (χ4v) is 2.38. The van der Waals surface area contributed by atoms with Crippen molar-refractivity contribution in [3.8, 4) is 6.07 Å². The molecule has 0 unspecified atom stereocenters. The summed E-state index contributed by atoms with van der Waals surface area (Å²) in [6, 6.07) is 7.57. The van der Waals surface area contributed by atoms with E-state index in [1.165, 1.54) is 35.1 Å². The molecule has 0 aliphatic heterocycles. The zero-order valence-corrected chi connectivity index (χ0v) is 12.2. The van der Waals surface area contributed by atoms with Gasteiger partial charge in [0.05, 0.1) is 4.90 Å². The first kappa shape index (κ1) is 14.7. The van der Waals surface area contributed by atoms with Gasteiger partial charge in [-0.25, -0.2) is 8.42 Å². The molecule has 1 aromatic carbocycles. The van der Waals surface area contributed by atoms with Crippen molar-refractivity contribution < 1.29 is 13.2 Å². The number of carbonyl (C=O) groups is 1. The summed E-state index contributed by atoms with van der Waals surface area (Å²) in [4.78, 5) is 12.2. The Labute approximate surface area is 121 Å². The number of aromatic nitrogens is 2. The van der Waals surface area contributed by atoms with Crippen molar-refractivity contribution in [1.29, 1.82) is 5.26 Å². The highest BCUT2D eigenvalue weighted by Gasteiger charge is 2.15. The molecule has 0 spiro atoms. The molecule has 0 fully saturated rings. The summed E-state index contributed by atoms with van der Waals surface area (Å²) < 4.78 is 24.4. The lowest BCUT2D eigenvalue weighted by molar-refractivity contribution is 0.102. The first-order valence-electron chi connectivity index (χ1n) is 5.86. The number of nitrogens with zero attached hydrogens (tertiary/aromatic N) is 3. The molecule has 0 saturated heterocycles. The maximum absolute atomic E-state index is 12.1. The second kappa shape index (κ2) is 5.38. The summed E-state index contributed by atoms with van der Waals surface area (Å²) in [5.41, 5.74) is 0.401. The summed E-state index contributed by atoms with van der Waals surface area (Å²) in [6.45, 7) is 0. The van der Waals surface area contributed by atoms with Crippen molar-refractivity contribution in [2.45, 2.75) is 4.90 Å². The smallest absolute Gasteiger partial charge is 0.256 e. The number of hydrogen-bond acceptors (Lipinski definition) is 5. The van der Waals surface area contributed by atoms with Crippen molar-refractivity contribution in [1.82, 2.24) is 9.78 Å². The zero-order valence-electron chi connectivity index (χ0n) is 11.4. The molecule has 1 heterocycles. The van der Waals surface area contributed by atoms with Gasteiger partial charge in [-0.3, -0.25) is 9.48 Å². The minimum Gasteiger partial charge on any atom is -0.304 e. The van der Waals surface area contributed by atoms with E-state index in [0.29, 0.717) is 0 Å². The largest absolute Gasteiger partial charge is 0.304 e. The quantitative estimate of drug-likeness (QED) is 0.908. The number of rotatable bonds is 3. The summed E-state index contributed by atoms with van der Waals surface area (Å²) in [6.07, 6.45) is 2.54. The summed E-state index contributed by atoms with van der Waals surface area (Å²) >= 11 is 0. The third-order valence-corrected chi connectivity index (χ3v) is 3.82. The standard InChI is InChI=1S/C13H12N4O3S/c1-17-8-10(7-14)12(16-17)15-13(18)9-4-3-5-11(6-9)21(2,19)20/h3-6,8H,1-2H3,(H,15,16,18). The van der Waals surface area contributed by atoms with E-state index in [1.54, 1.807) is 7.05 Å². The Morgan fingerprint density at radius 1 is 1.43 bits per heavy atom. The summed E-state index contributed by atoms with van der Waals surface area (Å²) in [5, 5.41) is 15.4. The van der Waals surface area contributed by atoms with Gasteiger partial charge in [-0.05, 0) is 18.2 Å². The third kappa shape index (κ3) is 3.27. The fourth-order valence-electron chi connectivity index (χ4n) is 1.71. The van der Waals surface area contributed by atoms with Gasteiger partial charge in [0.25, 0.3) is 5.91 Å². The molecule has 2 rings (SSSR count). The van der Waals surface area contributed by atoms with Gasteiger partial charge in [-0.1, -0.05) is 6.07 Å². The number of hydrogen-bond donors (Lipinski definition) is 1. The molecule has 2 aromatic rings. The van der Waals surface area contributed by atoms with Crippen molar-refractivity contribution in [3.63, 3.8) is 0 Å². The van der Waals surface area contributed by atoms with Gasteiger partial charge in [-0.15, -0.1) is 0 Å². The molecule has 0 atom stereocenters. The molecule has 0 aliphatic carbocycles. The highest BCUT2D eigenvalue weighted by molar-refractivity contribution is 7.90. The lowest BCUT2D eigenvalue weighted by atomic mass is 10.2.